The molecule has 2 aromatic rings. The molecule has 1 atom stereocenters. The number of nitriles is 1. The van der Waals surface area contributed by atoms with Crippen molar-refractivity contribution < 1.29 is 4.79 Å². The van der Waals surface area contributed by atoms with E-state index < -0.39 is 5.92 Å². The third kappa shape index (κ3) is 2.94. The lowest BCUT2D eigenvalue weighted by atomic mass is 9.94. The van der Waals surface area contributed by atoms with Crippen molar-refractivity contribution in [3.05, 3.63) is 56.2 Å². The summed E-state index contributed by atoms with van der Waals surface area (Å²) in [7, 11) is 0. The van der Waals surface area contributed by atoms with Gasteiger partial charge in [0, 0.05) is 4.47 Å². The van der Waals surface area contributed by atoms with Crippen LogP contribution < -0.4 is 0 Å². The predicted molar refractivity (Wildman–Crippen MR) is 80.5 cm³/mol. The Morgan fingerprint density at radius 2 is 2.05 bits per heavy atom. The summed E-state index contributed by atoms with van der Waals surface area (Å²) in [6, 6.07) is 11.4. The highest BCUT2D eigenvalue weighted by Gasteiger charge is 2.24. The van der Waals surface area contributed by atoms with E-state index >= 15 is 0 Å². The molecule has 0 N–H and O–H groups in total. The zero-order chi connectivity index (χ0) is 13.8. The molecule has 2 nitrogen and oxygen atoms in total. The van der Waals surface area contributed by atoms with Crippen molar-refractivity contribution in [3.8, 4) is 6.07 Å². The van der Waals surface area contributed by atoms with Gasteiger partial charge in [0.05, 0.1) is 10.9 Å². The molecule has 0 spiro atoms. The van der Waals surface area contributed by atoms with Crippen LogP contribution in [0.3, 0.4) is 0 Å². The van der Waals surface area contributed by atoms with E-state index in [9.17, 15) is 10.1 Å². The van der Waals surface area contributed by atoms with Crippen molar-refractivity contribution in [2.75, 3.05) is 0 Å². The monoisotopic (exact) mass is 333 g/mol. The van der Waals surface area contributed by atoms with Gasteiger partial charge in [-0.3, -0.25) is 4.79 Å². The van der Waals surface area contributed by atoms with Crippen molar-refractivity contribution in [3.63, 3.8) is 0 Å². The van der Waals surface area contributed by atoms with E-state index in [0.717, 1.165) is 22.0 Å². The number of ketones is 1. The van der Waals surface area contributed by atoms with Crippen molar-refractivity contribution >= 4 is 33.0 Å². The van der Waals surface area contributed by atoms with Gasteiger partial charge in [0.25, 0.3) is 0 Å². The van der Waals surface area contributed by atoms with E-state index in [1.165, 1.54) is 11.3 Å². The molecule has 0 aliphatic rings. The third-order valence-electron chi connectivity index (χ3n) is 2.95. The normalized spacial score (nSPS) is 11.8. The number of benzene rings is 1. The molecular formula is C15H12BrNOS. The van der Waals surface area contributed by atoms with Gasteiger partial charge in [-0.25, -0.2) is 0 Å². The molecule has 2 rings (SSSR count). The summed E-state index contributed by atoms with van der Waals surface area (Å²) in [5.74, 6) is -0.825. The highest BCUT2D eigenvalue weighted by Crippen LogP contribution is 2.27. The minimum atomic E-state index is -0.725. The first-order valence-corrected chi connectivity index (χ1v) is 7.60. The molecule has 4 heteroatoms. The lowest BCUT2D eigenvalue weighted by molar-refractivity contribution is 0.0982. The smallest absolute Gasteiger partial charge is 0.194 e. The molecule has 0 saturated carbocycles. The molecule has 1 heterocycles. The van der Waals surface area contributed by atoms with Crippen LogP contribution in [0.2, 0.25) is 0 Å². The zero-order valence-electron chi connectivity index (χ0n) is 10.4. The summed E-state index contributed by atoms with van der Waals surface area (Å²) in [6.07, 6.45) is 0.809. The lowest BCUT2D eigenvalue weighted by Crippen LogP contribution is -2.11. The van der Waals surface area contributed by atoms with E-state index in [1.807, 2.05) is 42.6 Å². The highest BCUT2D eigenvalue weighted by atomic mass is 79.9. The molecular weight excluding hydrogens is 322 g/mol. The van der Waals surface area contributed by atoms with Crippen molar-refractivity contribution in [1.29, 1.82) is 5.26 Å². The molecule has 96 valence electrons. The summed E-state index contributed by atoms with van der Waals surface area (Å²) < 4.78 is 0.936. The Morgan fingerprint density at radius 1 is 1.37 bits per heavy atom. The average molecular weight is 334 g/mol. The van der Waals surface area contributed by atoms with Gasteiger partial charge >= 0.3 is 0 Å². The molecule has 0 amide bonds. The van der Waals surface area contributed by atoms with Crippen molar-refractivity contribution in [2.45, 2.75) is 19.3 Å². The number of carbonyl (C=O) groups excluding carboxylic acids is 1. The standard InChI is InChI=1S/C15H12BrNOS/c1-2-10-7-8-19-15(10)14(18)13(9-17)11-3-5-12(16)6-4-11/h3-8,13H,2H2,1H3. The summed E-state index contributed by atoms with van der Waals surface area (Å²) in [5.41, 5.74) is 1.76. The molecule has 0 aliphatic heterocycles. The van der Waals surface area contributed by atoms with Gasteiger partial charge in [0.1, 0.15) is 5.92 Å². The minimum Gasteiger partial charge on any atom is -0.291 e. The number of carbonyl (C=O) groups is 1. The fourth-order valence-corrected chi connectivity index (χ4v) is 3.13. The van der Waals surface area contributed by atoms with Crippen LogP contribution in [0.25, 0.3) is 0 Å². The molecule has 1 unspecified atom stereocenters. The maximum absolute atomic E-state index is 12.5. The van der Waals surface area contributed by atoms with Crippen LogP contribution in [0.1, 0.15) is 33.6 Å². The van der Waals surface area contributed by atoms with Gasteiger partial charge < -0.3 is 0 Å². The molecule has 0 radical (unpaired) electrons. The van der Waals surface area contributed by atoms with Crippen LogP contribution >= 0.6 is 27.3 Å². The summed E-state index contributed by atoms with van der Waals surface area (Å²) in [5, 5.41) is 11.2. The Morgan fingerprint density at radius 3 is 2.63 bits per heavy atom. The van der Waals surface area contributed by atoms with E-state index in [0.29, 0.717) is 4.88 Å². The third-order valence-corrected chi connectivity index (χ3v) is 4.45. The maximum Gasteiger partial charge on any atom is 0.194 e. The molecule has 1 aromatic carbocycles. The van der Waals surface area contributed by atoms with Gasteiger partial charge in [-0.1, -0.05) is 35.0 Å². The Labute approximate surface area is 124 Å². The maximum atomic E-state index is 12.5. The first-order chi connectivity index (χ1) is 9.17. The number of thiophene rings is 1. The Kier molecular flexibility index (Phi) is 4.52. The van der Waals surface area contributed by atoms with Crippen molar-refractivity contribution in [2.24, 2.45) is 0 Å². The van der Waals surface area contributed by atoms with E-state index in [4.69, 9.17) is 0 Å². The van der Waals surface area contributed by atoms with Crippen LogP contribution in [0.15, 0.2) is 40.2 Å². The van der Waals surface area contributed by atoms with Crippen LogP contribution in [-0.2, 0) is 6.42 Å². The second-order valence-electron chi connectivity index (χ2n) is 4.11. The Balaban J connectivity index is 2.35. The Hall–Kier alpha value is -1.44. The molecule has 0 fully saturated rings. The minimum absolute atomic E-state index is 0.100. The van der Waals surface area contributed by atoms with Gasteiger partial charge in [-0.2, -0.15) is 5.26 Å². The first kappa shape index (κ1) is 14.0. The number of hydrogen-bond donors (Lipinski definition) is 0. The SMILES string of the molecule is CCc1ccsc1C(=O)C(C#N)c1ccc(Br)cc1. The van der Waals surface area contributed by atoms with Gasteiger partial charge in [0.15, 0.2) is 5.78 Å². The average Bonchev–Trinajstić information content (AvgIpc) is 2.90. The number of aryl methyl sites for hydroxylation is 1. The number of hydrogen-bond acceptors (Lipinski definition) is 3. The summed E-state index contributed by atoms with van der Waals surface area (Å²) >= 11 is 4.76. The number of nitrogens with zero attached hydrogens (tertiary/aromatic N) is 1. The van der Waals surface area contributed by atoms with Crippen LogP contribution in [0.5, 0.6) is 0 Å². The second-order valence-corrected chi connectivity index (χ2v) is 5.94. The summed E-state index contributed by atoms with van der Waals surface area (Å²) in [4.78, 5) is 13.2. The summed E-state index contributed by atoms with van der Waals surface area (Å²) in [6.45, 7) is 2.01. The quantitative estimate of drug-likeness (QED) is 0.769. The second kappa shape index (κ2) is 6.14. The first-order valence-electron chi connectivity index (χ1n) is 5.93. The van der Waals surface area contributed by atoms with Crippen LogP contribution in [0.4, 0.5) is 0 Å². The van der Waals surface area contributed by atoms with E-state index in [2.05, 4.69) is 22.0 Å². The van der Waals surface area contributed by atoms with E-state index in [-0.39, 0.29) is 5.78 Å². The predicted octanol–water partition coefficient (Wildman–Crippen LogP) is 4.56. The number of halogens is 1. The van der Waals surface area contributed by atoms with Crippen LogP contribution in [-0.4, -0.2) is 5.78 Å². The molecule has 1 aromatic heterocycles. The van der Waals surface area contributed by atoms with E-state index in [1.54, 1.807) is 0 Å². The fourth-order valence-electron chi connectivity index (χ4n) is 1.90. The number of Topliss-reactive ketones (excluding diaryl/α,β-unsaturated/α-hetero) is 1. The molecule has 19 heavy (non-hydrogen) atoms. The molecule has 0 saturated heterocycles. The topological polar surface area (TPSA) is 40.9 Å². The van der Waals surface area contributed by atoms with Gasteiger partial charge in [-0.15, -0.1) is 11.3 Å². The molecule has 0 bridgehead atoms. The largest absolute Gasteiger partial charge is 0.291 e. The highest BCUT2D eigenvalue weighted by molar-refractivity contribution is 9.10. The van der Waals surface area contributed by atoms with Gasteiger partial charge in [-0.05, 0) is 41.1 Å². The van der Waals surface area contributed by atoms with Crippen LogP contribution in [0, 0.1) is 11.3 Å². The van der Waals surface area contributed by atoms with Gasteiger partial charge in [0.2, 0.25) is 0 Å². The van der Waals surface area contributed by atoms with Crippen molar-refractivity contribution in [1.82, 2.24) is 0 Å². The Bertz CT molecular complexity index is 624. The zero-order valence-corrected chi connectivity index (χ0v) is 12.8. The lowest BCUT2D eigenvalue weighted by Gasteiger charge is -2.08. The number of rotatable bonds is 4. The molecule has 0 aliphatic carbocycles. The fraction of sp³-hybridized carbons (Fsp3) is 0.200.